The van der Waals surface area contributed by atoms with Crippen LogP contribution >= 0.6 is 24.0 Å². The molecule has 0 radical (unpaired) electrons. The molecular formula is C19H29F3IN3O3S. The summed E-state index contributed by atoms with van der Waals surface area (Å²) in [4.78, 5) is 4.43. The second-order valence-corrected chi connectivity index (χ2v) is 9.77. The van der Waals surface area contributed by atoms with Crippen LogP contribution in [0.15, 0.2) is 23.2 Å². The SMILES string of the molecule is CCNC(=NCc1ccc(C)cc1OCC(F)(F)F)NCC1(CS(C)(=O)=O)CC1.I. The molecule has 0 aliphatic heterocycles. The molecule has 1 aliphatic rings. The average molecular weight is 563 g/mol. The molecule has 0 unspecified atom stereocenters. The summed E-state index contributed by atoms with van der Waals surface area (Å²) < 4.78 is 65.7. The van der Waals surface area contributed by atoms with Crippen LogP contribution in [0.3, 0.4) is 0 Å². The summed E-state index contributed by atoms with van der Waals surface area (Å²) in [6.45, 7) is 3.50. The van der Waals surface area contributed by atoms with Gasteiger partial charge in [-0.2, -0.15) is 13.2 Å². The molecular weight excluding hydrogens is 534 g/mol. The minimum Gasteiger partial charge on any atom is -0.484 e. The maximum absolute atomic E-state index is 12.5. The molecule has 1 saturated carbocycles. The molecule has 0 saturated heterocycles. The van der Waals surface area contributed by atoms with Gasteiger partial charge in [-0.15, -0.1) is 24.0 Å². The molecule has 0 atom stereocenters. The Kier molecular flexibility index (Phi) is 9.71. The second-order valence-electron chi connectivity index (χ2n) is 7.63. The lowest BCUT2D eigenvalue weighted by atomic mass is 10.1. The van der Waals surface area contributed by atoms with Crippen molar-refractivity contribution in [3.8, 4) is 5.75 Å². The quantitative estimate of drug-likeness (QED) is 0.274. The number of ether oxygens (including phenoxy) is 1. The summed E-state index contributed by atoms with van der Waals surface area (Å²) >= 11 is 0. The molecule has 1 aromatic carbocycles. The van der Waals surface area contributed by atoms with Crippen molar-refractivity contribution in [2.45, 2.75) is 39.4 Å². The Balaban J connectivity index is 0.00000450. The van der Waals surface area contributed by atoms with E-state index in [9.17, 15) is 21.6 Å². The highest BCUT2D eigenvalue weighted by Crippen LogP contribution is 2.46. The van der Waals surface area contributed by atoms with Gasteiger partial charge in [0.25, 0.3) is 0 Å². The summed E-state index contributed by atoms with van der Waals surface area (Å²) in [5.41, 5.74) is 1.06. The van der Waals surface area contributed by atoms with Crippen LogP contribution in [0.5, 0.6) is 5.75 Å². The molecule has 0 amide bonds. The van der Waals surface area contributed by atoms with Crippen molar-refractivity contribution in [2.24, 2.45) is 10.4 Å². The van der Waals surface area contributed by atoms with Gasteiger partial charge >= 0.3 is 6.18 Å². The highest BCUT2D eigenvalue weighted by Gasteiger charge is 2.45. The minimum atomic E-state index is -4.42. The summed E-state index contributed by atoms with van der Waals surface area (Å²) in [5.74, 6) is 0.757. The zero-order valence-corrected chi connectivity index (χ0v) is 20.5. The van der Waals surface area contributed by atoms with Gasteiger partial charge in [0.1, 0.15) is 15.6 Å². The molecule has 1 aliphatic carbocycles. The Hall–Kier alpha value is -1.24. The Bertz CT molecular complexity index is 841. The fourth-order valence-electron chi connectivity index (χ4n) is 2.97. The van der Waals surface area contributed by atoms with Crippen LogP contribution in [0, 0.1) is 12.3 Å². The first-order valence-corrected chi connectivity index (χ1v) is 11.5. The van der Waals surface area contributed by atoms with E-state index in [0.29, 0.717) is 24.6 Å². The van der Waals surface area contributed by atoms with Crippen LogP contribution < -0.4 is 15.4 Å². The van der Waals surface area contributed by atoms with Crippen molar-refractivity contribution < 1.29 is 26.3 Å². The lowest BCUT2D eigenvalue weighted by Gasteiger charge is -2.18. The van der Waals surface area contributed by atoms with Crippen LogP contribution in [0.2, 0.25) is 0 Å². The second kappa shape index (κ2) is 10.9. The third-order valence-corrected chi connectivity index (χ3v) is 5.66. The number of nitrogens with one attached hydrogen (secondary N) is 2. The van der Waals surface area contributed by atoms with E-state index in [0.717, 1.165) is 18.4 Å². The molecule has 0 heterocycles. The number of sulfone groups is 1. The predicted octanol–water partition coefficient (Wildman–Crippen LogP) is 3.43. The van der Waals surface area contributed by atoms with E-state index in [1.165, 1.54) is 6.26 Å². The molecule has 30 heavy (non-hydrogen) atoms. The van der Waals surface area contributed by atoms with Crippen molar-refractivity contribution in [1.82, 2.24) is 10.6 Å². The molecule has 0 aromatic heterocycles. The van der Waals surface area contributed by atoms with Crippen molar-refractivity contribution in [1.29, 1.82) is 0 Å². The lowest BCUT2D eigenvalue weighted by molar-refractivity contribution is -0.153. The van der Waals surface area contributed by atoms with Crippen molar-refractivity contribution >= 4 is 39.8 Å². The van der Waals surface area contributed by atoms with Crippen LogP contribution in [-0.2, 0) is 16.4 Å². The van der Waals surface area contributed by atoms with E-state index in [-0.39, 0.29) is 47.4 Å². The monoisotopic (exact) mass is 563 g/mol. The number of aliphatic imine (C=N–C) groups is 1. The summed E-state index contributed by atoms with van der Waals surface area (Å²) in [6, 6.07) is 5.04. The van der Waals surface area contributed by atoms with E-state index in [4.69, 9.17) is 4.74 Å². The van der Waals surface area contributed by atoms with Crippen molar-refractivity contribution in [3.63, 3.8) is 0 Å². The maximum Gasteiger partial charge on any atom is 0.422 e. The highest BCUT2D eigenvalue weighted by atomic mass is 127. The smallest absolute Gasteiger partial charge is 0.422 e. The molecule has 1 aromatic rings. The Labute approximate surface area is 193 Å². The molecule has 1 fully saturated rings. The van der Waals surface area contributed by atoms with Crippen LogP contribution in [0.1, 0.15) is 30.9 Å². The number of alkyl halides is 3. The number of hydrogen-bond acceptors (Lipinski definition) is 4. The average Bonchev–Trinajstić information content (AvgIpc) is 3.33. The van der Waals surface area contributed by atoms with Crippen molar-refractivity contribution in [2.75, 3.05) is 31.7 Å². The largest absolute Gasteiger partial charge is 0.484 e. The first-order chi connectivity index (χ1) is 13.4. The number of rotatable bonds is 9. The zero-order chi connectivity index (χ0) is 21.7. The predicted molar refractivity (Wildman–Crippen MR) is 122 cm³/mol. The van der Waals surface area contributed by atoms with E-state index in [1.807, 2.05) is 6.92 Å². The number of benzene rings is 1. The van der Waals surface area contributed by atoms with Gasteiger partial charge in [0.15, 0.2) is 12.6 Å². The third-order valence-electron chi connectivity index (χ3n) is 4.52. The third kappa shape index (κ3) is 9.71. The van der Waals surface area contributed by atoms with Gasteiger partial charge in [-0.1, -0.05) is 12.1 Å². The van der Waals surface area contributed by atoms with E-state index < -0.39 is 22.6 Å². The fourth-order valence-corrected chi connectivity index (χ4v) is 4.47. The van der Waals surface area contributed by atoms with E-state index >= 15 is 0 Å². The first-order valence-electron chi connectivity index (χ1n) is 9.40. The Morgan fingerprint density at radius 2 is 1.93 bits per heavy atom. The lowest BCUT2D eigenvalue weighted by Crippen LogP contribution is -2.41. The zero-order valence-electron chi connectivity index (χ0n) is 17.3. The van der Waals surface area contributed by atoms with Gasteiger partial charge in [0.2, 0.25) is 0 Å². The minimum absolute atomic E-state index is 0. The Morgan fingerprint density at radius 1 is 1.27 bits per heavy atom. The Morgan fingerprint density at radius 3 is 2.47 bits per heavy atom. The van der Waals surface area contributed by atoms with Gasteiger partial charge in [-0.3, -0.25) is 0 Å². The molecule has 11 heteroatoms. The summed E-state index contributed by atoms with van der Waals surface area (Å²) in [7, 11) is -3.07. The normalized spacial score (nSPS) is 15.9. The molecule has 6 nitrogen and oxygen atoms in total. The molecule has 0 bridgehead atoms. The number of aryl methyl sites for hydroxylation is 1. The van der Waals surface area contributed by atoms with Crippen LogP contribution in [0.25, 0.3) is 0 Å². The van der Waals surface area contributed by atoms with Gasteiger partial charge in [0.05, 0.1) is 12.3 Å². The topological polar surface area (TPSA) is 79.8 Å². The molecule has 2 rings (SSSR count). The van der Waals surface area contributed by atoms with Gasteiger partial charge in [0, 0.05) is 30.3 Å². The maximum atomic E-state index is 12.5. The first kappa shape index (κ1) is 26.8. The van der Waals surface area contributed by atoms with E-state index in [2.05, 4.69) is 15.6 Å². The van der Waals surface area contributed by atoms with Gasteiger partial charge in [-0.05, 0) is 38.3 Å². The molecule has 172 valence electrons. The van der Waals surface area contributed by atoms with Crippen LogP contribution in [0.4, 0.5) is 13.2 Å². The number of nitrogens with zero attached hydrogens (tertiary/aromatic N) is 1. The number of hydrogen-bond donors (Lipinski definition) is 2. The number of halogens is 4. The van der Waals surface area contributed by atoms with E-state index in [1.54, 1.807) is 25.1 Å². The van der Waals surface area contributed by atoms with Gasteiger partial charge < -0.3 is 15.4 Å². The number of guanidine groups is 1. The summed E-state index contributed by atoms with van der Waals surface area (Å²) in [5, 5.41) is 6.23. The molecule has 2 N–H and O–H groups in total. The summed E-state index contributed by atoms with van der Waals surface area (Å²) in [6.07, 6.45) is -1.52. The van der Waals surface area contributed by atoms with Crippen LogP contribution in [-0.4, -0.2) is 52.3 Å². The van der Waals surface area contributed by atoms with Crippen molar-refractivity contribution in [3.05, 3.63) is 29.3 Å². The van der Waals surface area contributed by atoms with Gasteiger partial charge in [-0.25, -0.2) is 13.4 Å². The highest BCUT2D eigenvalue weighted by molar-refractivity contribution is 14.0. The fraction of sp³-hybridized carbons (Fsp3) is 0.632. The molecule has 0 spiro atoms. The standard InChI is InChI=1S/C19H28F3N3O3S.HI/c1-4-23-17(25-11-18(7-8-18)13-29(3,26)27)24-10-15-6-5-14(2)9-16(15)28-12-19(20,21)22;/h5-6,9H,4,7-8,10-13H2,1-3H3,(H2,23,24,25);1H.